The maximum Gasteiger partial charge on any atom is 0.164 e. The molecular formula is C18H26N4. The average Bonchev–Trinajstić information content (AvgIpc) is 2.93. The molecule has 3 rings (SSSR count). The molecule has 2 aromatic rings. The Kier molecular flexibility index (Phi) is 4.88. The van der Waals surface area contributed by atoms with Gasteiger partial charge in [-0.25, -0.2) is 4.98 Å². The van der Waals surface area contributed by atoms with Crippen LogP contribution in [0.3, 0.4) is 0 Å². The van der Waals surface area contributed by atoms with Crippen molar-refractivity contribution in [3.63, 3.8) is 0 Å². The van der Waals surface area contributed by atoms with Crippen LogP contribution in [0.2, 0.25) is 0 Å². The summed E-state index contributed by atoms with van der Waals surface area (Å²) < 4.78 is 0. The Morgan fingerprint density at radius 3 is 2.64 bits per heavy atom. The minimum atomic E-state index is 0.660. The number of aromatic amines is 1. The summed E-state index contributed by atoms with van der Waals surface area (Å²) in [6.07, 6.45) is 6.68. The summed E-state index contributed by atoms with van der Waals surface area (Å²) in [6.45, 7) is 5.94. The lowest BCUT2D eigenvalue weighted by Crippen LogP contribution is -2.36. The van der Waals surface area contributed by atoms with Gasteiger partial charge in [-0.2, -0.15) is 5.10 Å². The summed E-state index contributed by atoms with van der Waals surface area (Å²) in [5, 5.41) is 7.29. The molecule has 0 bridgehead atoms. The minimum absolute atomic E-state index is 0.660. The molecule has 0 unspecified atom stereocenters. The highest BCUT2D eigenvalue weighted by atomic mass is 15.3. The molecular weight excluding hydrogens is 272 g/mol. The Balaban J connectivity index is 1.75. The third kappa shape index (κ3) is 3.95. The van der Waals surface area contributed by atoms with Crippen LogP contribution in [-0.2, 0) is 13.1 Å². The fourth-order valence-corrected chi connectivity index (χ4v) is 3.45. The van der Waals surface area contributed by atoms with Crippen LogP contribution in [0, 0.1) is 13.8 Å². The van der Waals surface area contributed by atoms with Crippen molar-refractivity contribution in [2.45, 2.75) is 65.1 Å². The van der Waals surface area contributed by atoms with Gasteiger partial charge in [-0.3, -0.25) is 10.00 Å². The highest BCUT2D eigenvalue weighted by molar-refractivity contribution is 5.22. The normalized spacial score (nSPS) is 16.3. The molecule has 0 atom stereocenters. The average molecular weight is 298 g/mol. The molecule has 118 valence electrons. The van der Waals surface area contributed by atoms with Gasteiger partial charge in [0.2, 0.25) is 0 Å². The molecule has 4 heteroatoms. The molecule has 4 nitrogen and oxygen atoms in total. The van der Waals surface area contributed by atoms with Crippen LogP contribution < -0.4 is 0 Å². The molecule has 1 N–H and O–H groups in total. The maximum absolute atomic E-state index is 4.50. The topological polar surface area (TPSA) is 44.8 Å². The number of aryl methyl sites for hydroxylation is 2. The van der Waals surface area contributed by atoms with Gasteiger partial charge in [0.1, 0.15) is 5.82 Å². The van der Waals surface area contributed by atoms with Gasteiger partial charge in [0.05, 0.1) is 6.54 Å². The van der Waals surface area contributed by atoms with E-state index in [2.05, 4.69) is 51.3 Å². The van der Waals surface area contributed by atoms with E-state index in [4.69, 9.17) is 0 Å². The van der Waals surface area contributed by atoms with Gasteiger partial charge < -0.3 is 0 Å². The number of hydrogen-bond donors (Lipinski definition) is 1. The Hall–Kier alpha value is -1.68. The summed E-state index contributed by atoms with van der Waals surface area (Å²) in [7, 11) is 0. The summed E-state index contributed by atoms with van der Waals surface area (Å²) in [5.41, 5.74) is 2.72. The van der Waals surface area contributed by atoms with Crippen molar-refractivity contribution >= 4 is 0 Å². The number of aromatic nitrogens is 3. The molecule has 22 heavy (non-hydrogen) atoms. The molecule has 1 aromatic heterocycles. The minimum Gasteiger partial charge on any atom is -0.289 e. The first kappa shape index (κ1) is 15.2. The zero-order chi connectivity index (χ0) is 15.4. The smallest absolute Gasteiger partial charge is 0.164 e. The van der Waals surface area contributed by atoms with Crippen molar-refractivity contribution in [1.82, 2.24) is 20.1 Å². The van der Waals surface area contributed by atoms with E-state index in [1.54, 1.807) is 0 Å². The van der Waals surface area contributed by atoms with Crippen molar-refractivity contribution in [1.29, 1.82) is 0 Å². The number of H-pyrrole nitrogens is 1. The highest BCUT2D eigenvalue weighted by Gasteiger charge is 2.22. The SMILES string of the molecule is Cc1cccc(CN(Cc2n[nH]c(C)n2)C2CCCCC2)c1. The standard InChI is InChI=1S/C18H26N4/c1-14-7-6-8-16(11-14)12-22(17-9-4-3-5-10-17)13-18-19-15(2)20-21-18/h6-8,11,17H,3-5,9-10,12-13H2,1-2H3,(H,19,20,21). The van der Waals surface area contributed by atoms with E-state index in [1.807, 2.05) is 6.92 Å². The third-order valence-electron chi connectivity index (χ3n) is 4.55. The van der Waals surface area contributed by atoms with Gasteiger partial charge in [-0.15, -0.1) is 0 Å². The van der Waals surface area contributed by atoms with Gasteiger partial charge in [0.15, 0.2) is 5.82 Å². The van der Waals surface area contributed by atoms with Crippen LogP contribution in [-0.4, -0.2) is 26.1 Å². The number of rotatable bonds is 5. The quantitative estimate of drug-likeness (QED) is 0.914. The first-order chi connectivity index (χ1) is 10.7. The molecule has 1 aliphatic rings. The predicted molar refractivity (Wildman–Crippen MR) is 88.4 cm³/mol. The third-order valence-corrected chi connectivity index (χ3v) is 4.55. The van der Waals surface area contributed by atoms with Crippen LogP contribution in [0.1, 0.15) is 54.9 Å². The lowest BCUT2D eigenvalue weighted by Gasteiger charge is -2.33. The molecule has 0 amide bonds. The summed E-state index contributed by atoms with van der Waals surface area (Å²) in [4.78, 5) is 7.06. The van der Waals surface area contributed by atoms with Crippen molar-refractivity contribution < 1.29 is 0 Å². The van der Waals surface area contributed by atoms with Crippen molar-refractivity contribution in [3.8, 4) is 0 Å². The largest absolute Gasteiger partial charge is 0.289 e. The molecule has 0 aliphatic heterocycles. The van der Waals surface area contributed by atoms with Gasteiger partial charge in [0, 0.05) is 12.6 Å². The zero-order valence-corrected chi connectivity index (χ0v) is 13.7. The molecule has 1 saturated carbocycles. The summed E-state index contributed by atoms with van der Waals surface area (Å²) in [5.74, 6) is 1.81. The van der Waals surface area contributed by atoms with Gasteiger partial charge in [-0.1, -0.05) is 49.1 Å². The second-order valence-corrected chi connectivity index (χ2v) is 6.52. The highest BCUT2D eigenvalue weighted by Crippen LogP contribution is 2.25. The summed E-state index contributed by atoms with van der Waals surface area (Å²) >= 11 is 0. The second kappa shape index (κ2) is 7.05. The number of nitrogens with one attached hydrogen (secondary N) is 1. The fraction of sp³-hybridized carbons (Fsp3) is 0.556. The van der Waals surface area contributed by atoms with Gasteiger partial charge in [-0.05, 0) is 32.3 Å². The molecule has 0 radical (unpaired) electrons. The van der Waals surface area contributed by atoms with Crippen LogP contribution in [0.4, 0.5) is 0 Å². The molecule has 1 fully saturated rings. The first-order valence-electron chi connectivity index (χ1n) is 8.38. The number of nitrogens with zero attached hydrogens (tertiary/aromatic N) is 3. The number of hydrogen-bond acceptors (Lipinski definition) is 3. The van der Waals surface area contributed by atoms with E-state index in [0.717, 1.165) is 24.7 Å². The van der Waals surface area contributed by atoms with Crippen molar-refractivity contribution in [3.05, 3.63) is 47.0 Å². The Bertz CT molecular complexity index is 599. The molecule has 1 heterocycles. The van der Waals surface area contributed by atoms with E-state index in [9.17, 15) is 0 Å². The molecule has 0 saturated heterocycles. The predicted octanol–water partition coefficient (Wildman–Crippen LogP) is 3.76. The molecule has 0 spiro atoms. The second-order valence-electron chi connectivity index (χ2n) is 6.52. The lowest BCUT2D eigenvalue weighted by atomic mass is 9.93. The molecule has 1 aliphatic carbocycles. The Morgan fingerprint density at radius 1 is 1.14 bits per heavy atom. The van der Waals surface area contributed by atoms with Crippen LogP contribution in [0.15, 0.2) is 24.3 Å². The Morgan fingerprint density at radius 2 is 1.95 bits per heavy atom. The van der Waals surface area contributed by atoms with Gasteiger partial charge >= 0.3 is 0 Å². The van der Waals surface area contributed by atoms with E-state index < -0.39 is 0 Å². The van der Waals surface area contributed by atoms with Crippen LogP contribution in [0.25, 0.3) is 0 Å². The van der Waals surface area contributed by atoms with Gasteiger partial charge in [0.25, 0.3) is 0 Å². The summed E-state index contributed by atoms with van der Waals surface area (Å²) in [6, 6.07) is 9.49. The van der Waals surface area contributed by atoms with E-state index in [1.165, 1.54) is 43.2 Å². The van der Waals surface area contributed by atoms with E-state index >= 15 is 0 Å². The van der Waals surface area contributed by atoms with Crippen LogP contribution >= 0.6 is 0 Å². The van der Waals surface area contributed by atoms with E-state index in [0.29, 0.717) is 6.04 Å². The van der Waals surface area contributed by atoms with Crippen LogP contribution in [0.5, 0.6) is 0 Å². The van der Waals surface area contributed by atoms with Crippen molar-refractivity contribution in [2.24, 2.45) is 0 Å². The Labute approximate surface area is 133 Å². The molecule has 1 aromatic carbocycles. The lowest BCUT2D eigenvalue weighted by molar-refractivity contribution is 0.136. The van der Waals surface area contributed by atoms with Crippen molar-refractivity contribution in [2.75, 3.05) is 0 Å². The monoisotopic (exact) mass is 298 g/mol. The fourth-order valence-electron chi connectivity index (χ4n) is 3.45. The first-order valence-corrected chi connectivity index (χ1v) is 8.38. The zero-order valence-electron chi connectivity index (χ0n) is 13.7. The number of benzene rings is 1. The van der Waals surface area contributed by atoms with E-state index in [-0.39, 0.29) is 0 Å². The maximum atomic E-state index is 4.50.